The summed E-state index contributed by atoms with van der Waals surface area (Å²) in [5.74, 6) is 0.521. The lowest BCUT2D eigenvalue weighted by Crippen LogP contribution is -2.49. The molecule has 1 heterocycles. The Morgan fingerprint density at radius 2 is 1.69 bits per heavy atom. The molecule has 0 aromatic heterocycles. The lowest BCUT2D eigenvalue weighted by molar-refractivity contribution is -0.144. The monoisotopic (exact) mass is 392 g/mol. The largest absolute Gasteiger partial charge is 0.483 e. The molecule has 152 valence electrons. The normalized spacial score (nSPS) is 23.1. The van der Waals surface area contributed by atoms with Crippen molar-refractivity contribution in [3.63, 3.8) is 0 Å². The molecule has 1 atom stereocenters. The van der Waals surface area contributed by atoms with Crippen molar-refractivity contribution >= 4 is 22.6 Å². The summed E-state index contributed by atoms with van der Waals surface area (Å²) in [6.45, 7) is -0.00491. The van der Waals surface area contributed by atoms with E-state index in [-0.39, 0.29) is 30.5 Å². The number of benzene rings is 2. The number of ether oxygens (including phenoxy) is 1. The summed E-state index contributed by atoms with van der Waals surface area (Å²) >= 11 is 0. The molecular weight excluding hydrogens is 364 g/mol. The Labute approximate surface area is 171 Å². The molecule has 2 aromatic carbocycles. The molecule has 2 amide bonds. The van der Waals surface area contributed by atoms with Gasteiger partial charge in [0.25, 0.3) is 5.91 Å². The van der Waals surface area contributed by atoms with Crippen LogP contribution in [0.5, 0.6) is 5.75 Å². The minimum absolute atomic E-state index is 0.00491. The summed E-state index contributed by atoms with van der Waals surface area (Å²) < 4.78 is 5.94. The minimum Gasteiger partial charge on any atom is -0.483 e. The molecule has 5 rings (SSSR count). The second-order valence-corrected chi connectivity index (χ2v) is 8.62. The average Bonchev–Trinajstić information content (AvgIpc) is 3.42. The van der Waals surface area contributed by atoms with Gasteiger partial charge in [-0.3, -0.25) is 9.59 Å². The van der Waals surface area contributed by atoms with Gasteiger partial charge in [-0.05, 0) is 42.5 Å². The summed E-state index contributed by atoms with van der Waals surface area (Å²) in [5.41, 5.74) is 0.844. The number of hydrogen-bond acceptors (Lipinski definition) is 3. The predicted molar refractivity (Wildman–Crippen MR) is 112 cm³/mol. The number of nitrogens with zero attached hydrogens (tertiary/aromatic N) is 1. The summed E-state index contributed by atoms with van der Waals surface area (Å²) in [6, 6.07) is 11.7. The van der Waals surface area contributed by atoms with Crippen LogP contribution in [0.3, 0.4) is 0 Å². The van der Waals surface area contributed by atoms with Gasteiger partial charge in [-0.1, -0.05) is 56.0 Å². The van der Waals surface area contributed by atoms with E-state index < -0.39 is 6.04 Å². The summed E-state index contributed by atoms with van der Waals surface area (Å²) in [6.07, 6.45) is 8.48. The highest BCUT2D eigenvalue weighted by molar-refractivity contribution is 5.98. The van der Waals surface area contributed by atoms with Crippen molar-refractivity contribution in [3.8, 4) is 5.75 Å². The number of amides is 2. The summed E-state index contributed by atoms with van der Waals surface area (Å²) in [7, 11) is 0. The number of carbonyl (C=O) groups excluding carboxylic acids is 2. The van der Waals surface area contributed by atoms with Crippen molar-refractivity contribution < 1.29 is 14.3 Å². The lowest BCUT2D eigenvalue weighted by atomic mass is 9.94. The average molecular weight is 392 g/mol. The van der Waals surface area contributed by atoms with E-state index in [1.807, 2.05) is 41.3 Å². The van der Waals surface area contributed by atoms with Crippen LogP contribution < -0.4 is 10.1 Å². The minimum atomic E-state index is -0.630. The summed E-state index contributed by atoms with van der Waals surface area (Å²) in [5, 5.41) is 5.33. The fourth-order valence-electron chi connectivity index (χ4n) is 5.39. The molecule has 0 bridgehead atoms. The van der Waals surface area contributed by atoms with Crippen LogP contribution in [0.2, 0.25) is 0 Å². The number of hydrogen-bond donors (Lipinski definition) is 1. The van der Waals surface area contributed by atoms with Gasteiger partial charge in [-0.2, -0.15) is 0 Å². The van der Waals surface area contributed by atoms with E-state index in [1.165, 1.54) is 0 Å². The van der Waals surface area contributed by atoms with Crippen molar-refractivity contribution in [2.24, 2.45) is 0 Å². The fraction of sp³-hybridized carbons (Fsp3) is 0.500. The van der Waals surface area contributed by atoms with Gasteiger partial charge in [0.15, 0.2) is 6.61 Å². The van der Waals surface area contributed by atoms with Gasteiger partial charge >= 0.3 is 0 Å². The number of carbonyl (C=O) groups is 2. The zero-order valence-electron chi connectivity index (χ0n) is 16.7. The molecule has 5 nitrogen and oxygen atoms in total. The molecule has 0 radical (unpaired) electrons. The molecule has 2 aromatic rings. The van der Waals surface area contributed by atoms with Crippen LogP contribution in [-0.2, 0) is 9.59 Å². The molecule has 2 saturated carbocycles. The van der Waals surface area contributed by atoms with Crippen LogP contribution >= 0.6 is 0 Å². The van der Waals surface area contributed by atoms with Crippen molar-refractivity contribution in [2.45, 2.75) is 69.5 Å². The third kappa shape index (κ3) is 3.37. The standard InChI is InChI=1S/C24H28N2O3/c27-21-15-29-20-14-13-16-7-1-6-12-19(16)22(20)23(26(21)18-10-4-5-11-18)24(28)25-17-8-2-3-9-17/h1,6-7,12-14,17-18,23H,2-5,8-11,15H2,(H,25,28). The molecule has 2 fully saturated rings. The number of rotatable bonds is 3. The molecule has 1 aliphatic heterocycles. The maximum absolute atomic E-state index is 13.7. The van der Waals surface area contributed by atoms with Crippen molar-refractivity contribution in [3.05, 3.63) is 42.0 Å². The third-order valence-electron chi connectivity index (χ3n) is 6.79. The Bertz CT molecular complexity index is 929. The molecule has 0 spiro atoms. The Hall–Kier alpha value is -2.56. The van der Waals surface area contributed by atoms with Gasteiger partial charge in [0, 0.05) is 17.6 Å². The molecule has 1 unspecified atom stereocenters. The quantitative estimate of drug-likeness (QED) is 0.855. The molecule has 2 aliphatic carbocycles. The zero-order valence-corrected chi connectivity index (χ0v) is 16.7. The molecule has 1 N–H and O–H groups in total. The Morgan fingerprint density at radius 3 is 2.48 bits per heavy atom. The molecule has 0 saturated heterocycles. The summed E-state index contributed by atoms with van der Waals surface area (Å²) in [4.78, 5) is 28.7. The van der Waals surface area contributed by atoms with Gasteiger partial charge in [-0.15, -0.1) is 0 Å². The van der Waals surface area contributed by atoms with E-state index in [0.29, 0.717) is 5.75 Å². The van der Waals surface area contributed by atoms with Crippen LogP contribution in [0.25, 0.3) is 10.8 Å². The maximum Gasteiger partial charge on any atom is 0.261 e. The van der Waals surface area contributed by atoms with Gasteiger partial charge in [0.05, 0.1) is 0 Å². The van der Waals surface area contributed by atoms with Crippen LogP contribution in [0.15, 0.2) is 36.4 Å². The first-order valence-corrected chi connectivity index (χ1v) is 11.0. The first-order valence-electron chi connectivity index (χ1n) is 11.0. The maximum atomic E-state index is 13.7. The van der Waals surface area contributed by atoms with Crippen molar-refractivity contribution in [2.75, 3.05) is 6.61 Å². The van der Waals surface area contributed by atoms with E-state index in [4.69, 9.17) is 4.74 Å². The Balaban J connectivity index is 1.64. The Kier molecular flexibility index (Phi) is 4.90. The van der Waals surface area contributed by atoms with Gasteiger partial charge in [0.1, 0.15) is 11.8 Å². The van der Waals surface area contributed by atoms with Crippen LogP contribution in [-0.4, -0.2) is 35.4 Å². The molecule has 3 aliphatic rings. The smallest absolute Gasteiger partial charge is 0.261 e. The van der Waals surface area contributed by atoms with Crippen LogP contribution in [0, 0.1) is 0 Å². The highest BCUT2D eigenvalue weighted by Crippen LogP contribution is 2.41. The number of fused-ring (bicyclic) bond motifs is 3. The highest BCUT2D eigenvalue weighted by atomic mass is 16.5. The van der Waals surface area contributed by atoms with Gasteiger partial charge < -0.3 is 15.0 Å². The topological polar surface area (TPSA) is 58.6 Å². The van der Waals surface area contributed by atoms with Crippen molar-refractivity contribution in [1.29, 1.82) is 0 Å². The van der Waals surface area contributed by atoms with Crippen molar-refractivity contribution in [1.82, 2.24) is 10.2 Å². The SMILES string of the molecule is O=C(NC1CCCC1)C1c2c(ccc3ccccc23)OCC(=O)N1C1CCCC1. The zero-order chi connectivity index (χ0) is 19.8. The first-order chi connectivity index (χ1) is 14.2. The van der Waals surface area contributed by atoms with Gasteiger partial charge in [-0.25, -0.2) is 0 Å². The molecular formula is C24H28N2O3. The molecule has 29 heavy (non-hydrogen) atoms. The second kappa shape index (κ2) is 7.69. The molecule has 5 heteroatoms. The number of nitrogens with one attached hydrogen (secondary N) is 1. The van der Waals surface area contributed by atoms with E-state index in [0.717, 1.165) is 67.7 Å². The highest BCUT2D eigenvalue weighted by Gasteiger charge is 2.42. The van der Waals surface area contributed by atoms with Crippen LogP contribution in [0.1, 0.15) is 63.0 Å². The lowest BCUT2D eigenvalue weighted by Gasteiger charge is -2.35. The van der Waals surface area contributed by atoms with Crippen LogP contribution in [0.4, 0.5) is 0 Å². The van der Waals surface area contributed by atoms with E-state index in [1.54, 1.807) is 0 Å². The van der Waals surface area contributed by atoms with Gasteiger partial charge in [0.2, 0.25) is 5.91 Å². The predicted octanol–water partition coefficient (Wildman–Crippen LogP) is 4.10. The Morgan fingerprint density at radius 1 is 0.966 bits per heavy atom. The third-order valence-corrected chi connectivity index (χ3v) is 6.79. The van der Waals surface area contributed by atoms with E-state index in [9.17, 15) is 9.59 Å². The van der Waals surface area contributed by atoms with E-state index >= 15 is 0 Å². The second-order valence-electron chi connectivity index (χ2n) is 8.62. The first kappa shape index (κ1) is 18.5. The fourth-order valence-corrected chi connectivity index (χ4v) is 5.39. The van der Waals surface area contributed by atoms with E-state index in [2.05, 4.69) is 5.32 Å².